The van der Waals surface area contributed by atoms with Gasteiger partial charge in [-0.05, 0) is 6.92 Å². The molecular weight excluding hydrogens is 152 g/mol. The highest BCUT2D eigenvalue weighted by Gasteiger charge is 2.13. The third-order valence-corrected chi connectivity index (χ3v) is 2.13. The van der Waals surface area contributed by atoms with Gasteiger partial charge >= 0.3 is 0 Å². The summed E-state index contributed by atoms with van der Waals surface area (Å²) in [6, 6.07) is 0. The van der Waals surface area contributed by atoms with E-state index in [1.807, 2.05) is 24.9 Å². The molecule has 0 aromatic carbocycles. The second-order valence-electron chi connectivity index (χ2n) is 2.95. The van der Waals surface area contributed by atoms with Crippen LogP contribution in [0, 0.1) is 6.92 Å². The predicted octanol–water partition coefficient (Wildman–Crippen LogP) is 0.0783. The number of nitrogens with zero attached hydrogens (tertiary/aromatic N) is 3. The number of imidazole rings is 1. The summed E-state index contributed by atoms with van der Waals surface area (Å²) in [5.41, 5.74) is 2.14. The third-order valence-electron chi connectivity index (χ3n) is 2.13. The fraction of sp³-hybridized carbons (Fsp3) is 0.500. The molecule has 0 atom stereocenters. The topological polar surface area (TPSA) is 42.2 Å². The monoisotopic (exact) mass is 164 g/mol. The molecule has 64 valence electrons. The molecule has 2 rings (SSSR count). The number of aromatic nitrogens is 2. The summed E-state index contributed by atoms with van der Waals surface area (Å²) in [6.07, 6.45) is 1.81. The van der Waals surface area contributed by atoms with Gasteiger partial charge in [0, 0.05) is 19.3 Å². The number of aliphatic imine (C=N–C) groups is 1. The Kier molecular flexibility index (Phi) is 1.60. The molecule has 1 aromatic heterocycles. The molecule has 0 amide bonds. The van der Waals surface area contributed by atoms with Crippen molar-refractivity contribution < 1.29 is 0 Å². The minimum Gasteiger partial charge on any atom is -0.367 e. The lowest BCUT2D eigenvalue weighted by atomic mass is 10.3. The SMILES string of the molecule is Cc1c(C2=NCCN2)ncn1C. The molecule has 1 aliphatic heterocycles. The lowest BCUT2D eigenvalue weighted by Crippen LogP contribution is -2.20. The van der Waals surface area contributed by atoms with E-state index in [2.05, 4.69) is 15.3 Å². The summed E-state index contributed by atoms with van der Waals surface area (Å²) in [4.78, 5) is 8.58. The first kappa shape index (κ1) is 7.34. The van der Waals surface area contributed by atoms with Gasteiger partial charge in [-0.2, -0.15) is 0 Å². The van der Waals surface area contributed by atoms with Gasteiger partial charge in [0.05, 0.1) is 12.9 Å². The van der Waals surface area contributed by atoms with Crippen LogP contribution in [0.1, 0.15) is 11.4 Å². The van der Waals surface area contributed by atoms with Crippen molar-refractivity contribution in [3.8, 4) is 0 Å². The van der Waals surface area contributed by atoms with E-state index in [-0.39, 0.29) is 0 Å². The average Bonchev–Trinajstić information content (AvgIpc) is 2.64. The number of hydrogen-bond acceptors (Lipinski definition) is 3. The Morgan fingerprint density at radius 1 is 1.58 bits per heavy atom. The zero-order valence-electron chi connectivity index (χ0n) is 7.33. The van der Waals surface area contributed by atoms with Gasteiger partial charge < -0.3 is 9.88 Å². The van der Waals surface area contributed by atoms with Crippen LogP contribution in [0.4, 0.5) is 0 Å². The van der Waals surface area contributed by atoms with E-state index in [4.69, 9.17) is 0 Å². The van der Waals surface area contributed by atoms with Crippen molar-refractivity contribution in [2.24, 2.45) is 12.0 Å². The van der Waals surface area contributed by atoms with Crippen molar-refractivity contribution in [3.05, 3.63) is 17.7 Å². The fourth-order valence-electron chi connectivity index (χ4n) is 1.28. The third kappa shape index (κ3) is 0.995. The Bertz CT molecular complexity index is 324. The van der Waals surface area contributed by atoms with Crippen LogP contribution in [0.5, 0.6) is 0 Å². The van der Waals surface area contributed by atoms with Crippen LogP contribution in [-0.2, 0) is 7.05 Å². The Labute approximate surface area is 71.3 Å². The first-order chi connectivity index (χ1) is 5.79. The molecule has 0 spiro atoms. The lowest BCUT2D eigenvalue weighted by molar-refractivity contribution is 0.872. The molecule has 0 saturated carbocycles. The van der Waals surface area contributed by atoms with E-state index in [0.29, 0.717) is 0 Å². The zero-order valence-corrected chi connectivity index (χ0v) is 7.33. The van der Waals surface area contributed by atoms with E-state index in [9.17, 15) is 0 Å². The maximum atomic E-state index is 4.31. The van der Waals surface area contributed by atoms with Crippen molar-refractivity contribution in [2.45, 2.75) is 6.92 Å². The van der Waals surface area contributed by atoms with Crippen LogP contribution in [-0.4, -0.2) is 28.5 Å². The average molecular weight is 164 g/mol. The molecular formula is C8H12N4. The summed E-state index contributed by atoms with van der Waals surface area (Å²) in [5, 5.41) is 3.20. The van der Waals surface area contributed by atoms with Gasteiger partial charge in [0.25, 0.3) is 0 Å². The Morgan fingerprint density at radius 2 is 2.42 bits per heavy atom. The fourth-order valence-corrected chi connectivity index (χ4v) is 1.28. The van der Waals surface area contributed by atoms with E-state index in [0.717, 1.165) is 30.3 Å². The second-order valence-corrected chi connectivity index (χ2v) is 2.95. The van der Waals surface area contributed by atoms with Gasteiger partial charge in [0.1, 0.15) is 11.5 Å². The van der Waals surface area contributed by atoms with Gasteiger partial charge in [0.2, 0.25) is 0 Å². The van der Waals surface area contributed by atoms with E-state index < -0.39 is 0 Å². The molecule has 4 heteroatoms. The highest BCUT2D eigenvalue weighted by atomic mass is 15.1. The molecule has 0 saturated heterocycles. The Morgan fingerprint density at radius 3 is 2.92 bits per heavy atom. The molecule has 0 bridgehead atoms. The molecule has 0 aliphatic carbocycles. The number of aryl methyl sites for hydroxylation is 1. The predicted molar refractivity (Wildman–Crippen MR) is 47.4 cm³/mol. The van der Waals surface area contributed by atoms with Gasteiger partial charge in [-0.25, -0.2) is 4.98 Å². The van der Waals surface area contributed by atoms with Gasteiger partial charge in [-0.3, -0.25) is 4.99 Å². The van der Waals surface area contributed by atoms with Gasteiger partial charge in [0.15, 0.2) is 0 Å². The van der Waals surface area contributed by atoms with Gasteiger partial charge in [-0.15, -0.1) is 0 Å². The molecule has 2 heterocycles. The molecule has 12 heavy (non-hydrogen) atoms. The number of hydrogen-bond donors (Lipinski definition) is 1. The molecule has 4 nitrogen and oxygen atoms in total. The summed E-state index contributed by atoms with van der Waals surface area (Å²) in [5.74, 6) is 0.938. The van der Waals surface area contributed by atoms with Crippen molar-refractivity contribution in [1.29, 1.82) is 0 Å². The summed E-state index contributed by atoms with van der Waals surface area (Å²) < 4.78 is 2.00. The molecule has 1 aliphatic rings. The van der Waals surface area contributed by atoms with Crippen LogP contribution in [0.2, 0.25) is 0 Å². The minimum absolute atomic E-state index is 0.866. The molecule has 1 N–H and O–H groups in total. The van der Waals surface area contributed by atoms with E-state index in [1.54, 1.807) is 0 Å². The quantitative estimate of drug-likeness (QED) is 0.638. The highest BCUT2D eigenvalue weighted by Crippen LogP contribution is 2.06. The van der Waals surface area contributed by atoms with Crippen LogP contribution in [0.25, 0.3) is 0 Å². The van der Waals surface area contributed by atoms with Crippen LogP contribution >= 0.6 is 0 Å². The first-order valence-corrected chi connectivity index (χ1v) is 4.05. The van der Waals surface area contributed by atoms with Crippen molar-refractivity contribution in [3.63, 3.8) is 0 Å². The largest absolute Gasteiger partial charge is 0.367 e. The molecule has 1 aromatic rings. The van der Waals surface area contributed by atoms with Crippen LogP contribution in [0.3, 0.4) is 0 Å². The number of rotatable bonds is 1. The second kappa shape index (κ2) is 2.62. The van der Waals surface area contributed by atoms with Gasteiger partial charge in [-0.1, -0.05) is 0 Å². The van der Waals surface area contributed by atoms with E-state index >= 15 is 0 Å². The Hall–Kier alpha value is -1.32. The normalized spacial score (nSPS) is 16.0. The van der Waals surface area contributed by atoms with Crippen molar-refractivity contribution in [1.82, 2.24) is 14.9 Å². The molecule has 0 fully saturated rings. The smallest absolute Gasteiger partial charge is 0.149 e. The zero-order chi connectivity index (χ0) is 8.55. The summed E-state index contributed by atoms with van der Waals surface area (Å²) in [7, 11) is 1.99. The minimum atomic E-state index is 0.866. The van der Waals surface area contributed by atoms with Crippen molar-refractivity contribution >= 4 is 5.84 Å². The van der Waals surface area contributed by atoms with Crippen molar-refractivity contribution in [2.75, 3.05) is 13.1 Å². The maximum absolute atomic E-state index is 4.31. The summed E-state index contributed by atoms with van der Waals surface area (Å²) >= 11 is 0. The maximum Gasteiger partial charge on any atom is 0.149 e. The highest BCUT2D eigenvalue weighted by molar-refractivity contribution is 5.98. The first-order valence-electron chi connectivity index (χ1n) is 4.05. The number of amidine groups is 1. The Balaban J connectivity index is 2.39. The van der Waals surface area contributed by atoms with Crippen LogP contribution < -0.4 is 5.32 Å². The van der Waals surface area contributed by atoms with Crippen LogP contribution in [0.15, 0.2) is 11.3 Å². The lowest BCUT2D eigenvalue weighted by Gasteiger charge is -1.99. The van der Waals surface area contributed by atoms with E-state index in [1.165, 1.54) is 0 Å². The standard InChI is InChI=1S/C8H12N4/c1-6-7(11-5-12(6)2)8-9-3-4-10-8/h5H,3-4H2,1-2H3,(H,9,10). The molecule has 0 radical (unpaired) electrons. The number of nitrogens with one attached hydrogen (secondary N) is 1. The molecule has 0 unspecified atom stereocenters. The summed E-state index contributed by atoms with van der Waals surface area (Å²) in [6.45, 7) is 3.85.